The highest BCUT2D eigenvalue weighted by molar-refractivity contribution is 5.70. The SMILES string of the molecule is C=C(/C(F)=C\C=C(/C)F)[C@H]1C[C@H](C#N)CN1C(=O)OC(C)(C)C. The smallest absolute Gasteiger partial charge is 0.410 e. The molecule has 2 atom stereocenters. The van der Waals surface area contributed by atoms with Gasteiger partial charge in [-0.05, 0) is 46.3 Å². The van der Waals surface area contributed by atoms with E-state index in [0.29, 0.717) is 0 Å². The van der Waals surface area contributed by atoms with Crippen LogP contribution in [0.4, 0.5) is 13.6 Å². The van der Waals surface area contributed by atoms with Crippen molar-refractivity contribution in [3.8, 4) is 6.07 Å². The molecule has 1 fully saturated rings. The van der Waals surface area contributed by atoms with Crippen LogP contribution in [0.25, 0.3) is 0 Å². The Kier molecular flexibility index (Phi) is 6.08. The average Bonchev–Trinajstić information content (AvgIpc) is 2.86. The molecule has 0 saturated carbocycles. The number of hydrogen-bond acceptors (Lipinski definition) is 3. The van der Waals surface area contributed by atoms with Crippen molar-refractivity contribution in [1.29, 1.82) is 5.26 Å². The van der Waals surface area contributed by atoms with E-state index in [1.807, 2.05) is 0 Å². The predicted molar refractivity (Wildman–Crippen MR) is 83.6 cm³/mol. The lowest BCUT2D eigenvalue weighted by molar-refractivity contribution is 0.0246. The summed E-state index contributed by atoms with van der Waals surface area (Å²) in [5.74, 6) is -1.69. The Hall–Kier alpha value is -2.16. The van der Waals surface area contributed by atoms with E-state index >= 15 is 0 Å². The third kappa shape index (κ3) is 5.51. The minimum absolute atomic E-state index is 0.0334. The van der Waals surface area contributed by atoms with Crippen molar-refractivity contribution < 1.29 is 18.3 Å². The molecule has 1 heterocycles. The van der Waals surface area contributed by atoms with Crippen LogP contribution in [0.15, 0.2) is 36.0 Å². The predicted octanol–water partition coefficient (Wildman–Crippen LogP) is 4.42. The van der Waals surface area contributed by atoms with E-state index in [2.05, 4.69) is 12.6 Å². The quantitative estimate of drug-likeness (QED) is 0.722. The van der Waals surface area contributed by atoms with Gasteiger partial charge in [-0.3, -0.25) is 4.90 Å². The zero-order valence-electron chi connectivity index (χ0n) is 13.9. The number of ether oxygens (including phenoxy) is 1. The number of carbonyl (C=O) groups excluding carboxylic acids is 1. The van der Waals surface area contributed by atoms with Gasteiger partial charge in [0.1, 0.15) is 11.4 Å². The summed E-state index contributed by atoms with van der Waals surface area (Å²) in [6.45, 7) is 10.2. The van der Waals surface area contributed by atoms with Gasteiger partial charge in [-0.1, -0.05) is 6.58 Å². The summed E-state index contributed by atoms with van der Waals surface area (Å²) in [4.78, 5) is 13.6. The molecule has 0 unspecified atom stereocenters. The lowest BCUT2D eigenvalue weighted by atomic mass is 10.0. The van der Waals surface area contributed by atoms with Crippen LogP contribution in [0.2, 0.25) is 0 Å². The molecule has 23 heavy (non-hydrogen) atoms. The van der Waals surface area contributed by atoms with Crippen LogP contribution in [0.5, 0.6) is 0 Å². The number of carbonyl (C=O) groups is 1. The first-order valence-corrected chi connectivity index (χ1v) is 7.33. The Bertz CT molecular complexity index is 578. The van der Waals surface area contributed by atoms with Crippen molar-refractivity contribution in [3.05, 3.63) is 36.0 Å². The van der Waals surface area contributed by atoms with Gasteiger partial charge < -0.3 is 4.74 Å². The van der Waals surface area contributed by atoms with Crippen LogP contribution in [-0.4, -0.2) is 29.2 Å². The number of halogens is 2. The maximum atomic E-state index is 14.1. The average molecular weight is 324 g/mol. The van der Waals surface area contributed by atoms with Gasteiger partial charge in [0.05, 0.1) is 23.9 Å². The summed E-state index contributed by atoms with van der Waals surface area (Å²) in [5, 5.41) is 9.09. The molecule has 6 heteroatoms. The molecule has 1 amide bonds. The molecule has 0 radical (unpaired) electrons. The molecule has 0 aromatic rings. The van der Waals surface area contributed by atoms with E-state index in [1.165, 1.54) is 11.8 Å². The number of amides is 1. The number of nitrogens with zero attached hydrogens (tertiary/aromatic N) is 2. The Morgan fingerprint density at radius 1 is 1.39 bits per heavy atom. The maximum absolute atomic E-state index is 14.1. The molecule has 1 rings (SSSR count). The van der Waals surface area contributed by atoms with Gasteiger partial charge in [0.25, 0.3) is 0 Å². The zero-order valence-corrected chi connectivity index (χ0v) is 13.9. The van der Waals surface area contributed by atoms with Gasteiger partial charge in [-0.15, -0.1) is 0 Å². The summed E-state index contributed by atoms with van der Waals surface area (Å²) in [6.07, 6.45) is 1.60. The van der Waals surface area contributed by atoms with Gasteiger partial charge in [-0.2, -0.15) is 5.26 Å². The fraction of sp³-hybridized carbons (Fsp3) is 0.529. The second-order valence-electron chi connectivity index (χ2n) is 6.50. The Morgan fingerprint density at radius 3 is 2.48 bits per heavy atom. The van der Waals surface area contributed by atoms with Crippen molar-refractivity contribution in [2.75, 3.05) is 6.54 Å². The van der Waals surface area contributed by atoms with Crippen LogP contribution in [-0.2, 0) is 4.74 Å². The molecular weight excluding hydrogens is 302 g/mol. The van der Waals surface area contributed by atoms with E-state index in [9.17, 15) is 13.6 Å². The number of rotatable bonds is 3. The molecule has 1 saturated heterocycles. The second-order valence-corrected chi connectivity index (χ2v) is 6.50. The topological polar surface area (TPSA) is 53.3 Å². The van der Waals surface area contributed by atoms with Gasteiger partial charge in [-0.25, -0.2) is 13.6 Å². The summed E-state index contributed by atoms with van der Waals surface area (Å²) in [5.41, 5.74) is -0.665. The summed E-state index contributed by atoms with van der Waals surface area (Å²) in [7, 11) is 0. The third-order valence-corrected chi connectivity index (χ3v) is 3.28. The van der Waals surface area contributed by atoms with Gasteiger partial charge in [0.2, 0.25) is 0 Å². The molecule has 0 spiro atoms. The minimum Gasteiger partial charge on any atom is -0.444 e. The Balaban J connectivity index is 2.99. The molecule has 1 aliphatic heterocycles. The molecule has 0 aromatic heterocycles. The number of hydrogen-bond donors (Lipinski definition) is 0. The zero-order chi connectivity index (χ0) is 17.8. The first-order valence-electron chi connectivity index (χ1n) is 7.33. The monoisotopic (exact) mass is 324 g/mol. The molecule has 0 bridgehead atoms. The molecule has 0 N–H and O–H groups in total. The summed E-state index contributed by atoms with van der Waals surface area (Å²) < 4.78 is 32.1. The normalized spacial score (nSPS) is 22.7. The van der Waals surface area contributed by atoms with Gasteiger partial charge in [0, 0.05) is 12.1 Å². The van der Waals surface area contributed by atoms with Crippen molar-refractivity contribution in [1.82, 2.24) is 4.90 Å². The van der Waals surface area contributed by atoms with Crippen LogP contribution < -0.4 is 0 Å². The Morgan fingerprint density at radius 2 is 2.00 bits per heavy atom. The van der Waals surface area contributed by atoms with E-state index < -0.39 is 35.3 Å². The van der Waals surface area contributed by atoms with Crippen molar-refractivity contribution in [2.45, 2.75) is 45.8 Å². The minimum atomic E-state index is -0.723. The van der Waals surface area contributed by atoms with Crippen LogP contribution in [0.1, 0.15) is 34.1 Å². The molecular formula is C17H22F2N2O2. The fourth-order valence-electron chi connectivity index (χ4n) is 2.24. The maximum Gasteiger partial charge on any atom is 0.410 e. The number of likely N-dealkylation sites (tertiary alicyclic amines) is 1. The largest absolute Gasteiger partial charge is 0.444 e. The summed E-state index contributed by atoms with van der Waals surface area (Å²) >= 11 is 0. The van der Waals surface area contributed by atoms with Crippen LogP contribution in [0.3, 0.4) is 0 Å². The molecule has 4 nitrogen and oxygen atoms in total. The van der Waals surface area contributed by atoms with E-state index in [1.54, 1.807) is 20.8 Å². The molecule has 0 aromatic carbocycles. The van der Waals surface area contributed by atoms with Gasteiger partial charge >= 0.3 is 6.09 Å². The highest BCUT2D eigenvalue weighted by Gasteiger charge is 2.39. The Labute approximate surface area is 135 Å². The van der Waals surface area contributed by atoms with Crippen LogP contribution >= 0.6 is 0 Å². The van der Waals surface area contributed by atoms with E-state index in [0.717, 1.165) is 12.2 Å². The van der Waals surface area contributed by atoms with E-state index in [-0.39, 0.29) is 18.5 Å². The van der Waals surface area contributed by atoms with Crippen molar-refractivity contribution >= 4 is 6.09 Å². The van der Waals surface area contributed by atoms with Gasteiger partial charge in [0.15, 0.2) is 0 Å². The summed E-state index contributed by atoms with van der Waals surface area (Å²) in [6, 6.07) is 1.40. The van der Waals surface area contributed by atoms with E-state index in [4.69, 9.17) is 10.00 Å². The van der Waals surface area contributed by atoms with Crippen molar-refractivity contribution in [2.24, 2.45) is 5.92 Å². The lowest BCUT2D eigenvalue weighted by Crippen LogP contribution is -2.40. The second kappa shape index (κ2) is 7.40. The first-order chi connectivity index (χ1) is 10.5. The fourth-order valence-corrected chi connectivity index (χ4v) is 2.24. The molecule has 1 aliphatic rings. The highest BCUT2D eigenvalue weighted by Crippen LogP contribution is 2.32. The van der Waals surface area contributed by atoms with Crippen molar-refractivity contribution in [3.63, 3.8) is 0 Å². The molecule has 126 valence electrons. The molecule has 0 aliphatic carbocycles. The third-order valence-electron chi connectivity index (χ3n) is 3.28. The number of nitriles is 1. The lowest BCUT2D eigenvalue weighted by Gasteiger charge is -2.29. The van der Waals surface area contributed by atoms with Crippen LogP contribution in [0, 0.1) is 17.2 Å². The standard InChI is InChI=1S/C17H22F2N2O2/c1-11(18)6-7-14(19)12(2)15-8-13(9-20)10-21(15)16(22)23-17(3,4)5/h6-7,13,15H,2,8,10H2,1,3-5H3/b11-6+,14-7+/t13-,15-/m1/s1. The first kappa shape index (κ1) is 18.9. The number of allylic oxidation sites excluding steroid dienone is 3. The highest BCUT2D eigenvalue weighted by atomic mass is 19.1.